The van der Waals surface area contributed by atoms with Crippen molar-refractivity contribution in [2.75, 3.05) is 7.11 Å². The zero-order chi connectivity index (χ0) is 27.0. The average Bonchev–Trinajstić information content (AvgIpc) is 2.79. The molecule has 1 heterocycles. The van der Waals surface area contributed by atoms with Gasteiger partial charge in [-0.15, -0.1) is 0 Å². The third-order valence-electron chi connectivity index (χ3n) is 5.34. The molecule has 0 saturated carbocycles. The summed E-state index contributed by atoms with van der Waals surface area (Å²) in [6.45, 7) is 10.7. The van der Waals surface area contributed by atoms with Gasteiger partial charge in [-0.25, -0.2) is 4.79 Å². The maximum Gasteiger partial charge on any atom is 0.329 e. The van der Waals surface area contributed by atoms with E-state index in [4.69, 9.17) is 37.4 Å². The molecule has 1 saturated heterocycles. The molecule has 1 amide bonds. The van der Waals surface area contributed by atoms with E-state index in [-0.39, 0.29) is 12.8 Å². The second-order valence-electron chi connectivity index (χ2n) is 9.26. The van der Waals surface area contributed by atoms with E-state index >= 15 is 0 Å². The SMILES string of the molecule is C=C(Cl)C=CC=CC1OC(CC(=O)OC)C(=O)N(C(CC)C(=O)OC(C)(C)C)C1c1ccc(Cl)cc1. The van der Waals surface area contributed by atoms with Crippen LogP contribution in [0.1, 0.15) is 52.1 Å². The highest BCUT2D eigenvalue weighted by atomic mass is 35.5. The molecule has 4 unspecified atom stereocenters. The lowest BCUT2D eigenvalue weighted by Gasteiger charge is -2.46. The minimum atomic E-state index is -1.15. The quantitative estimate of drug-likeness (QED) is 0.304. The number of nitrogens with zero attached hydrogens (tertiary/aromatic N) is 1. The van der Waals surface area contributed by atoms with Crippen molar-refractivity contribution in [1.82, 2.24) is 4.90 Å². The molecule has 0 aromatic heterocycles. The van der Waals surface area contributed by atoms with Gasteiger partial charge < -0.3 is 19.1 Å². The van der Waals surface area contributed by atoms with Crippen LogP contribution < -0.4 is 0 Å². The molecule has 7 nitrogen and oxygen atoms in total. The lowest BCUT2D eigenvalue weighted by molar-refractivity contribution is -0.186. The van der Waals surface area contributed by atoms with Crippen LogP contribution in [-0.2, 0) is 28.6 Å². The molecule has 1 aliphatic heterocycles. The van der Waals surface area contributed by atoms with E-state index in [0.29, 0.717) is 15.6 Å². The molecule has 0 radical (unpaired) electrons. The Kier molecular flexibility index (Phi) is 10.8. The highest BCUT2D eigenvalue weighted by molar-refractivity contribution is 6.31. The topological polar surface area (TPSA) is 82.1 Å². The number of carbonyl (C=O) groups excluding carboxylic acids is 3. The molecule has 2 rings (SSSR count). The summed E-state index contributed by atoms with van der Waals surface area (Å²) in [5, 5.41) is 0.863. The van der Waals surface area contributed by atoms with Crippen LogP contribution in [0.3, 0.4) is 0 Å². The molecule has 0 N–H and O–H groups in total. The highest BCUT2D eigenvalue weighted by Gasteiger charge is 2.48. The Labute approximate surface area is 222 Å². The molecule has 0 aliphatic carbocycles. The molecule has 1 aliphatic rings. The zero-order valence-corrected chi connectivity index (χ0v) is 22.7. The van der Waals surface area contributed by atoms with Gasteiger partial charge in [-0.1, -0.05) is 67.1 Å². The van der Waals surface area contributed by atoms with Crippen LogP contribution in [0.2, 0.25) is 5.02 Å². The van der Waals surface area contributed by atoms with E-state index in [1.807, 2.05) is 0 Å². The number of methoxy groups -OCH3 is 1. The second-order valence-corrected chi connectivity index (χ2v) is 10.2. The van der Waals surface area contributed by atoms with E-state index in [0.717, 1.165) is 0 Å². The lowest BCUT2D eigenvalue weighted by atomic mass is 9.92. The van der Waals surface area contributed by atoms with Crippen molar-refractivity contribution in [3.8, 4) is 0 Å². The molecular weight excluding hydrogens is 505 g/mol. The monoisotopic (exact) mass is 537 g/mol. The summed E-state index contributed by atoms with van der Waals surface area (Å²) in [6, 6.07) is 5.33. The minimum absolute atomic E-state index is 0.290. The van der Waals surface area contributed by atoms with Gasteiger partial charge in [-0.3, -0.25) is 9.59 Å². The van der Waals surface area contributed by atoms with Crippen LogP contribution >= 0.6 is 23.2 Å². The fourth-order valence-corrected chi connectivity index (χ4v) is 4.04. The Morgan fingerprint density at radius 3 is 2.39 bits per heavy atom. The van der Waals surface area contributed by atoms with Crippen LogP contribution in [0.15, 0.2) is 60.2 Å². The number of amides is 1. The van der Waals surface area contributed by atoms with Gasteiger partial charge in [0, 0.05) is 10.1 Å². The summed E-state index contributed by atoms with van der Waals surface area (Å²) >= 11 is 11.9. The lowest BCUT2D eigenvalue weighted by Crippen LogP contribution is -2.59. The summed E-state index contributed by atoms with van der Waals surface area (Å²) in [5.41, 5.74) is -0.0543. The minimum Gasteiger partial charge on any atom is -0.469 e. The maximum atomic E-state index is 13.8. The number of morpholine rings is 1. The van der Waals surface area contributed by atoms with Crippen LogP contribution in [-0.4, -0.2) is 53.7 Å². The number of hydrogen-bond donors (Lipinski definition) is 0. The van der Waals surface area contributed by atoms with Gasteiger partial charge in [0.2, 0.25) is 0 Å². The van der Waals surface area contributed by atoms with Gasteiger partial charge in [0.15, 0.2) is 0 Å². The number of rotatable bonds is 9. The first-order valence-corrected chi connectivity index (χ1v) is 12.4. The molecule has 36 heavy (non-hydrogen) atoms. The smallest absolute Gasteiger partial charge is 0.329 e. The number of ether oxygens (including phenoxy) is 3. The standard InChI is InChI=1S/C27H33Cl2NO6/c1-7-20(26(33)36-27(3,4)5)30-24(18-12-14-19(29)15-13-18)21(11-9-8-10-17(2)28)35-22(25(30)32)16-23(31)34-6/h8-15,20-22,24H,2,7,16H2,1,3-6H3. The number of halogens is 2. The maximum absolute atomic E-state index is 13.8. The van der Waals surface area contributed by atoms with Gasteiger partial charge in [-0.05, 0) is 51.0 Å². The van der Waals surface area contributed by atoms with Crippen molar-refractivity contribution in [2.45, 2.75) is 70.4 Å². The first-order chi connectivity index (χ1) is 16.9. The predicted octanol–water partition coefficient (Wildman–Crippen LogP) is 5.53. The molecule has 0 bridgehead atoms. The first kappa shape index (κ1) is 29.6. The number of carbonyl (C=O) groups is 3. The van der Waals surface area contributed by atoms with Crippen molar-refractivity contribution < 1.29 is 28.6 Å². The van der Waals surface area contributed by atoms with Crippen LogP contribution in [0.4, 0.5) is 0 Å². The fourth-order valence-electron chi connectivity index (χ4n) is 3.84. The summed E-state index contributed by atoms with van der Waals surface area (Å²) < 4.78 is 16.6. The Balaban J connectivity index is 2.64. The first-order valence-electron chi connectivity index (χ1n) is 11.6. The average molecular weight is 538 g/mol. The van der Waals surface area contributed by atoms with E-state index in [1.165, 1.54) is 12.0 Å². The van der Waals surface area contributed by atoms with E-state index in [9.17, 15) is 14.4 Å². The van der Waals surface area contributed by atoms with Crippen molar-refractivity contribution in [2.24, 2.45) is 0 Å². The molecule has 9 heteroatoms. The summed E-state index contributed by atoms with van der Waals surface area (Å²) in [6.07, 6.45) is 4.84. The molecule has 4 atom stereocenters. The Morgan fingerprint density at radius 2 is 1.86 bits per heavy atom. The van der Waals surface area contributed by atoms with Crippen LogP contribution in [0, 0.1) is 0 Å². The number of benzene rings is 1. The third-order valence-corrected chi connectivity index (χ3v) is 5.72. The second kappa shape index (κ2) is 13.1. The Morgan fingerprint density at radius 1 is 1.22 bits per heavy atom. The Hall–Kier alpha value is -2.61. The van der Waals surface area contributed by atoms with Crippen LogP contribution in [0.25, 0.3) is 0 Å². The zero-order valence-electron chi connectivity index (χ0n) is 21.2. The largest absolute Gasteiger partial charge is 0.469 e. The molecule has 1 aromatic rings. The fraction of sp³-hybridized carbons (Fsp3) is 0.444. The molecule has 1 fully saturated rings. The number of allylic oxidation sites excluding steroid dienone is 4. The predicted molar refractivity (Wildman–Crippen MR) is 140 cm³/mol. The van der Waals surface area contributed by atoms with Crippen molar-refractivity contribution in [1.29, 1.82) is 0 Å². The summed E-state index contributed by atoms with van der Waals surface area (Å²) in [7, 11) is 1.24. The van der Waals surface area contributed by atoms with Crippen LogP contribution in [0.5, 0.6) is 0 Å². The summed E-state index contributed by atoms with van der Waals surface area (Å²) in [4.78, 5) is 40.6. The number of esters is 2. The van der Waals surface area contributed by atoms with Gasteiger partial charge in [0.25, 0.3) is 5.91 Å². The summed E-state index contributed by atoms with van der Waals surface area (Å²) in [5.74, 6) is -1.66. The van der Waals surface area contributed by atoms with Gasteiger partial charge in [-0.2, -0.15) is 0 Å². The van der Waals surface area contributed by atoms with Gasteiger partial charge in [0.1, 0.15) is 23.9 Å². The van der Waals surface area contributed by atoms with Crippen molar-refractivity contribution in [3.05, 3.63) is 70.8 Å². The third kappa shape index (κ3) is 8.22. The van der Waals surface area contributed by atoms with Crippen molar-refractivity contribution >= 4 is 41.0 Å². The van der Waals surface area contributed by atoms with E-state index in [2.05, 4.69) is 6.58 Å². The normalized spacial score (nSPS) is 21.6. The van der Waals surface area contributed by atoms with Gasteiger partial charge >= 0.3 is 11.9 Å². The molecule has 1 aromatic carbocycles. The van der Waals surface area contributed by atoms with Gasteiger partial charge in [0.05, 0.1) is 19.6 Å². The van der Waals surface area contributed by atoms with E-state index in [1.54, 1.807) is 76.3 Å². The molecular formula is C27H33Cl2NO6. The molecule has 196 valence electrons. The number of hydrogen-bond acceptors (Lipinski definition) is 6. The van der Waals surface area contributed by atoms with Crippen molar-refractivity contribution in [3.63, 3.8) is 0 Å². The highest BCUT2D eigenvalue weighted by Crippen LogP contribution is 2.37. The van der Waals surface area contributed by atoms with E-state index < -0.39 is 47.7 Å². The molecule has 0 spiro atoms. The Bertz CT molecular complexity index is 1010.